The predicted octanol–water partition coefficient (Wildman–Crippen LogP) is 3.34. The van der Waals surface area contributed by atoms with Crippen LogP contribution < -0.4 is 9.64 Å². The van der Waals surface area contributed by atoms with Crippen molar-refractivity contribution in [3.05, 3.63) is 30.3 Å². The van der Waals surface area contributed by atoms with E-state index < -0.39 is 9.84 Å². The van der Waals surface area contributed by atoms with Crippen LogP contribution in [0.25, 0.3) is 11.3 Å². The Hall–Kier alpha value is -1.95. The van der Waals surface area contributed by atoms with E-state index in [1.54, 1.807) is 32.2 Å². The lowest BCUT2D eigenvalue weighted by atomic mass is 10.1. The van der Waals surface area contributed by atoms with Gasteiger partial charge in [0.15, 0.2) is 9.84 Å². The van der Waals surface area contributed by atoms with Crippen molar-refractivity contribution in [1.29, 1.82) is 0 Å². The summed E-state index contributed by atoms with van der Waals surface area (Å²) in [5.74, 6) is 1.84. The maximum atomic E-state index is 12.2. The van der Waals surface area contributed by atoms with Crippen LogP contribution in [0.3, 0.4) is 0 Å². The summed E-state index contributed by atoms with van der Waals surface area (Å²) >= 11 is 0. The van der Waals surface area contributed by atoms with Gasteiger partial charge in [-0.3, -0.25) is 0 Å². The van der Waals surface area contributed by atoms with E-state index in [2.05, 4.69) is 29.4 Å². The molecule has 0 aliphatic heterocycles. The van der Waals surface area contributed by atoms with Crippen LogP contribution in [0, 0.1) is 0 Å². The Morgan fingerprint density at radius 2 is 1.75 bits per heavy atom. The van der Waals surface area contributed by atoms with Gasteiger partial charge in [0.25, 0.3) is 0 Å². The number of nitrogens with zero attached hydrogens (tertiary/aromatic N) is 2. The zero-order chi connectivity index (χ0) is 17.9. The molecule has 2 rings (SSSR count). The maximum Gasteiger partial charge on any atom is 0.178 e. The molecule has 1 heterocycles. The Morgan fingerprint density at radius 1 is 1.08 bits per heavy atom. The van der Waals surface area contributed by atoms with E-state index in [0.717, 1.165) is 30.2 Å². The molecule has 0 N–H and O–H groups in total. The monoisotopic (exact) mass is 350 g/mol. The van der Waals surface area contributed by atoms with E-state index >= 15 is 0 Å². The zero-order valence-electron chi connectivity index (χ0n) is 15.0. The summed E-state index contributed by atoms with van der Waals surface area (Å²) in [6.07, 6.45) is 0. The van der Waals surface area contributed by atoms with E-state index in [-0.39, 0.29) is 5.75 Å². The first kappa shape index (κ1) is 18.4. The fraction of sp³-hybridized carbons (Fsp3) is 0.444. The fourth-order valence-electron chi connectivity index (χ4n) is 2.88. The second-order valence-corrected chi connectivity index (χ2v) is 7.85. The molecule has 0 aliphatic rings. The highest BCUT2D eigenvalue weighted by atomic mass is 32.2. The van der Waals surface area contributed by atoms with E-state index in [1.807, 2.05) is 13.1 Å². The molecule has 6 heteroatoms. The standard InChI is InChI=1S/C18H26N2O3S/c1-6-20(7-2)18-12-10-16(19(18)4)15-13-14(24(21,22)8-3)9-11-17(15)23-5/h9-13H,6-8H2,1-5H3. The van der Waals surface area contributed by atoms with Crippen molar-refractivity contribution < 1.29 is 13.2 Å². The third-order valence-corrected chi connectivity index (χ3v) is 6.10. The SMILES string of the molecule is CCN(CC)c1ccc(-c2cc(S(=O)(=O)CC)ccc2OC)n1C. The molecule has 0 spiro atoms. The van der Waals surface area contributed by atoms with E-state index in [9.17, 15) is 8.42 Å². The van der Waals surface area contributed by atoms with Crippen LogP contribution in [0.5, 0.6) is 5.75 Å². The summed E-state index contributed by atoms with van der Waals surface area (Å²) in [4.78, 5) is 2.58. The summed E-state index contributed by atoms with van der Waals surface area (Å²) in [5.41, 5.74) is 1.72. The molecule has 0 bridgehead atoms. The minimum absolute atomic E-state index is 0.0800. The molecular weight excluding hydrogens is 324 g/mol. The largest absolute Gasteiger partial charge is 0.496 e. The van der Waals surface area contributed by atoms with Gasteiger partial charge in [-0.15, -0.1) is 0 Å². The first-order valence-corrected chi connectivity index (χ1v) is 9.86. The van der Waals surface area contributed by atoms with Crippen LogP contribution in [0.4, 0.5) is 5.82 Å². The minimum atomic E-state index is -3.26. The molecule has 0 radical (unpaired) electrons. The van der Waals surface area contributed by atoms with E-state index in [1.165, 1.54) is 0 Å². The highest BCUT2D eigenvalue weighted by Gasteiger charge is 2.18. The van der Waals surface area contributed by atoms with Gasteiger partial charge in [0.1, 0.15) is 11.6 Å². The maximum absolute atomic E-state index is 12.2. The normalized spacial score (nSPS) is 11.5. The molecule has 24 heavy (non-hydrogen) atoms. The second-order valence-electron chi connectivity index (χ2n) is 5.57. The molecule has 0 fully saturated rings. The summed E-state index contributed by atoms with van der Waals surface area (Å²) in [7, 11) is 0.327. The summed E-state index contributed by atoms with van der Waals surface area (Å²) in [6, 6.07) is 9.10. The highest BCUT2D eigenvalue weighted by Crippen LogP contribution is 2.35. The van der Waals surface area contributed by atoms with Crippen LogP contribution in [0.2, 0.25) is 0 Å². The number of methoxy groups -OCH3 is 1. The average Bonchev–Trinajstić information content (AvgIpc) is 2.97. The van der Waals surface area contributed by atoms with Gasteiger partial charge in [-0.2, -0.15) is 0 Å². The van der Waals surface area contributed by atoms with Gasteiger partial charge in [0.05, 0.1) is 23.5 Å². The van der Waals surface area contributed by atoms with Gasteiger partial charge in [0, 0.05) is 25.7 Å². The summed E-state index contributed by atoms with van der Waals surface area (Å²) in [6.45, 7) is 7.71. The molecule has 5 nitrogen and oxygen atoms in total. The molecule has 132 valence electrons. The molecular formula is C18H26N2O3S. The Labute approximate surface area is 144 Å². The highest BCUT2D eigenvalue weighted by molar-refractivity contribution is 7.91. The molecule has 0 saturated carbocycles. The molecule has 2 aromatic rings. The number of rotatable bonds is 7. The molecule has 0 aliphatic carbocycles. The lowest BCUT2D eigenvalue weighted by Crippen LogP contribution is -2.24. The van der Waals surface area contributed by atoms with Gasteiger partial charge in [-0.05, 0) is 44.2 Å². The molecule has 1 aromatic carbocycles. The van der Waals surface area contributed by atoms with E-state index in [0.29, 0.717) is 10.6 Å². The zero-order valence-corrected chi connectivity index (χ0v) is 15.9. The smallest absolute Gasteiger partial charge is 0.178 e. The Bertz CT molecular complexity index is 806. The van der Waals surface area contributed by atoms with Crippen LogP contribution in [0.15, 0.2) is 35.2 Å². The first-order valence-electron chi connectivity index (χ1n) is 8.21. The Balaban J connectivity index is 2.62. The number of hydrogen-bond acceptors (Lipinski definition) is 4. The van der Waals surface area contributed by atoms with Gasteiger partial charge in [-0.1, -0.05) is 6.92 Å². The van der Waals surface area contributed by atoms with E-state index in [4.69, 9.17) is 4.74 Å². The minimum Gasteiger partial charge on any atom is -0.496 e. The number of hydrogen-bond donors (Lipinski definition) is 0. The molecule has 0 unspecified atom stereocenters. The van der Waals surface area contributed by atoms with Crippen molar-refractivity contribution in [3.8, 4) is 17.0 Å². The number of ether oxygens (including phenoxy) is 1. The number of aromatic nitrogens is 1. The molecule has 0 amide bonds. The third-order valence-electron chi connectivity index (χ3n) is 4.37. The van der Waals surface area contributed by atoms with Crippen LogP contribution in [-0.2, 0) is 16.9 Å². The Kier molecular flexibility index (Phi) is 5.59. The van der Waals surface area contributed by atoms with Crippen molar-refractivity contribution in [2.45, 2.75) is 25.7 Å². The number of benzene rings is 1. The second kappa shape index (κ2) is 7.30. The molecule has 0 saturated heterocycles. The van der Waals surface area contributed by atoms with Gasteiger partial charge in [0.2, 0.25) is 0 Å². The van der Waals surface area contributed by atoms with Gasteiger partial charge < -0.3 is 14.2 Å². The van der Waals surface area contributed by atoms with Crippen molar-refractivity contribution in [2.24, 2.45) is 7.05 Å². The van der Waals surface area contributed by atoms with Crippen molar-refractivity contribution in [1.82, 2.24) is 4.57 Å². The van der Waals surface area contributed by atoms with Gasteiger partial charge in [-0.25, -0.2) is 8.42 Å². The molecule has 1 aromatic heterocycles. The first-order chi connectivity index (χ1) is 11.4. The Morgan fingerprint density at radius 3 is 2.29 bits per heavy atom. The number of anilines is 1. The topological polar surface area (TPSA) is 51.5 Å². The average molecular weight is 350 g/mol. The van der Waals surface area contributed by atoms with Crippen LogP contribution in [-0.4, -0.2) is 38.9 Å². The van der Waals surface area contributed by atoms with Crippen molar-refractivity contribution >= 4 is 15.7 Å². The lowest BCUT2D eigenvalue weighted by Gasteiger charge is -2.22. The van der Waals surface area contributed by atoms with Crippen molar-refractivity contribution in [2.75, 3.05) is 30.9 Å². The molecule has 0 atom stereocenters. The number of sulfone groups is 1. The van der Waals surface area contributed by atoms with Gasteiger partial charge >= 0.3 is 0 Å². The summed E-state index contributed by atoms with van der Waals surface area (Å²) < 4.78 is 32.0. The predicted molar refractivity (Wildman–Crippen MR) is 98.7 cm³/mol. The lowest BCUT2D eigenvalue weighted by molar-refractivity contribution is 0.416. The fourth-order valence-corrected chi connectivity index (χ4v) is 3.79. The van der Waals surface area contributed by atoms with Crippen LogP contribution >= 0.6 is 0 Å². The van der Waals surface area contributed by atoms with Crippen LogP contribution in [0.1, 0.15) is 20.8 Å². The summed E-state index contributed by atoms with van der Waals surface area (Å²) in [5, 5.41) is 0. The van der Waals surface area contributed by atoms with Crippen molar-refractivity contribution in [3.63, 3.8) is 0 Å². The quantitative estimate of drug-likeness (QED) is 0.768. The third kappa shape index (κ3) is 3.29.